The maximum atomic E-state index is 2.45. The van der Waals surface area contributed by atoms with Crippen molar-refractivity contribution in [2.45, 2.75) is 59.8 Å². The van der Waals surface area contributed by atoms with E-state index in [0.29, 0.717) is 0 Å². The van der Waals surface area contributed by atoms with Gasteiger partial charge in [-0.3, -0.25) is 0 Å². The molecule has 0 aromatic rings. The van der Waals surface area contributed by atoms with Crippen LogP contribution >= 0.6 is 0 Å². The molecule has 0 radical (unpaired) electrons. The molecular weight excluding hydrogens is 180 g/mol. The van der Waals surface area contributed by atoms with Gasteiger partial charge in [0.2, 0.25) is 0 Å². The quantitative estimate of drug-likeness (QED) is 0.592. The summed E-state index contributed by atoms with van der Waals surface area (Å²) in [6, 6.07) is 0. The third-order valence-corrected chi connectivity index (χ3v) is 3.38. The molecular formula is C15H24. The minimum atomic E-state index is 1.17. The molecule has 0 heteroatoms. The molecule has 0 amide bonds. The SMILES string of the molecule is CCC1=CCC(CC)=C(CC)C=C1CC. The fourth-order valence-electron chi connectivity index (χ4n) is 2.34. The standard InChI is InChI=1S/C15H24/c1-5-12-9-10-13(6-2)15(8-4)11-14(12)7-3/h9,11H,5-8,10H2,1-4H3. The summed E-state index contributed by atoms with van der Waals surface area (Å²) in [6.07, 6.45) is 10.8. The highest BCUT2D eigenvalue weighted by molar-refractivity contribution is 5.42. The Bertz CT molecular complexity index is 300. The highest BCUT2D eigenvalue weighted by atomic mass is 14.1. The maximum Gasteiger partial charge on any atom is -0.0127 e. The van der Waals surface area contributed by atoms with E-state index < -0.39 is 0 Å². The summed E-state index contributed by atoms with van der Waals surface area (Å²) in [5, 5.41) is 0. The summed E-state index contributed by atoms with van der Waals surface area (Å²) >= 11 is 0. The van der Waals surface area contributed by atoms with Crippen molar-refractivity contribution in [2.24, 2.45) is 0 Å². The summed E-state index contributed by atoms with van der Waals surface area (Å²) < 4.78 is 0. The predicted octanol–water partition coefficient (Wildman–Crippen LogP) is 5.18. The smallest absolute Gasteiger partial charge is 0.0127 e. The van der Waals surface area contributed by atoms with E-state index in [1.54, 1.807) is 22.3 Å². The van der Waals surface area contributed by atoms with Crippen LogP contribution in [0.3, 0.4) is 0 Å². The highest BCUT2D eigenvalue weighted by Crippen LogP contribution is 2.29. The van der Waals surface area contributed by atoms with Crippen LogP contribution in [0.15, 0.2) is 34.4 Å². The summed E-state index contributed by atoms with van der Waals surface area (Å²) in [6.45, 7) is 9.07. The second kappa shape index (κ2) is 5.95. The van der Waals surface area contributed by atoms with Crippen LogP contribution in [0, 0.1) is 0 Å². The van der Waals surface area contributed by atoms with Gasteiger partial charge >= 0.3 is 0 Å². The van der Waals surface area contributed by atoms with Gasteiger partial charge in [-0.2, -0.15) is 0 Å². The van der Waals surface area contributed by atoms with Gasteiger partial charge < -0.3 is 0 Å². The first-order valence-electron chi connectivity index (χ1n) is 6.37. The van der Waals surface area contributed by atoms with Crippen molar-refractivity contribution in [3.05, 3.63) is 34.4 Å². The molecule has 0 nitrogen and oxygen atoms in total. The molecule has 1 rings (SSSR count). The first-order chi connectivity index (χ1) is 7.26. The van der Waals surface area contributed by atoms with Gasteiger partial charge in [-0.05, 0) is 48.8 Å². The fourth-order valence-corrected chi connectivity index (χ4v) is 2.34. The molecule has 0 N–H and O–H groups in total. The summed E-state index contributed by atoms with van der Waals surface area (Å²) in [7, 11) is 0. The van der Waals surface area contributed by atoms with Gasteiger partial charge in [0, 0.05) is 0 Å². The van der Waals surface area contributed by atoms with Crippen LogP contribution in [0.25, 0.3) is 0 Å². The Morgan fingerprint density at radius 3 is 2.00 bits per heavy atom. The van der Waals surface area contributed by atoms with Crippen LogP contribution in [0.2, 0.25) is 0 Å². The Labute approximate surface area is 94.8 Å². The molecule has 0 unspecified atom stereocenters. The van der Waals surface area contributed by atoms with Crippen molar-refractivity contribution >= 4 is 0 Å². The van der Waals surface area contributed by atoms with Crippen LogP contribution in [-0.2, 0) is 0 Å². The van der Waals surface area contributed by atoms with Gasteiger partial charge in [-0.15, -0.1) is 0 Å². The zero-order valence-corrected chi connectivity index (χ0v) is 10.7. The molecule has 15 heavy (non-hydrogen) atoms. The molecule has 0 spiro atoms. The van der Waals surface area contributed by atoms with E-state index in [2.05, 4.69) is 39.8 Å². The third kappa shape index (κ3) is 2.84. The van der Waals surface area contributed by atoms with Crippen LogP contribution in [0.1, 0.15) is 59.8 Å². The lowest BCUT2D eigenvalue weighted by Gasteiger charge is -2.07. The molecule has 1 aliphatic rings. The lowest BCUT2D eigenvalue weighted by atomic mass is 9.99. The molecule has 0 aromatic heterocycles. The Morgan fingerprint density at radius 1 is 0.867 bits per heavy atom. The largest absolute Gasteiger partial charge is 0.0770 e. The van der Waals surface area contributed by atoms with E-state index in [1.807, 2.05) is 0 Å². The molecule has 84 valence electrons. The van der Waals surface area contributed by atoms with E-state index >= 15 is 0 Å². The molecule has 0 saturated carbocycles. The molecule has 1 aliphatic carbocycles. The van der Waals surface area contributed by atoms with Gasteiger partial charge in [0.1, 0.15) is 0 Å². The van der Waals surface area contributed by atoms with Crippen LogP contribution in [0.4, 0.5) is 0 Å². The Hall–Kier alpha value is -0.780. The van der Waals surface area contributed by atoms with E-state index in [4.69, 9.17) is 0 Å². The second-order valence-corrected chi connectivity index (χ2v) is 4.15. The van der Waals surface area contributed by atoms with Crippen LogP contribution < -0.4 is 0 Å². The molecule has 0 heterocycles. The lowest BCUT2D eigenvalue weighted by Crippen LogP contribution is -1.87. The second-order valence-electron chi connectivity index (χ2n) is 4.15. The molecule has 0 aromatic carbocycles. The zero-order chi connectivity index (χ0) is 11.3. The maximum absolute atomic E-state index is 2.45. The van der Waals surface area contributed by atoms with Crippen molar-refractivity contribution in [1.82, 2.24) is 0 Å². The minimum absolute atomic E-state index is 1.17. The Balaban J connectivity index is 3.08. The Kier molecular flexibility index (Phi) is 4.87. The van der Waals surface area contributed by atoms with Gasteiger partial charge in [0.15, 0.2) is 0 Å². The first-order valence-corrected chi connectivity index (χ1v) is 6.37. The van der Waals surface area contributed by atoms with Gasteiger partial charge in [0.05, 0.1) is 0 Å². The predicted molar refractivity (Wildman–Crippen MR) is 69.0 cm³/mol. The number of allylic oxidation sites excluding steroid dienone is 6. The lowest BCUT2D eigenvalue weighted by molar-refractivity contribution is 0.968. The average molecular weight is 204 g/mol. The fraction of sp³-hybridized carbons (Fsp3) is 0.600. The van der Waals surface area contributed by atoms with Crippen molar-refractivity contribution in [2.75, 3.05) is 0 Å². The van der Waals surface area contributed by atoms with Crippen molar-refractivity contribution in [3.63, 3.8) is 0 Å². The van der Waals surface area contributed by atoms with Crippen molar-refractivity contribution in [3.8, 4) is 0 Å². The first kappa shape index (κ1) is 12.3. The zero-order valence-electron chi connectivity index (χ0n) is 10.7. The van der Waals surface area contributed by atoms with Crippen LogP contribution in [-0.4, -0.2) is 0 Å². The molecule has 0 bridgehead atoms. The molecule has 0 atom stereocenters. The topological polar surface area (TPSA) is 0 Å². The van der Waals surface area contributed by atoms with Crippen molar-refractivity contribution in [1.29, 1.82) is 0 Å². The number of rotatable bonds is 4. The van der Waals surface area contributed by atoms with E-state index in [1.165, 1.54) is 32.1 Å². The minimum Gasteiger partial charge on any atom is -0.0770 e. The molecule has 0 saturated heterocycles. The third-order valence-electron chi connectivity index (χ3n) is 3.38. The molecule has 0 aliphatic heterocycles. The van der Waals surface area contributed by atoms with Crippen LogP contribution in [0.5, 0.6) is 0 Å². The van der Waals surface area contributed by atoms with E-state index in [9.17, 15) is 0 Å². The summed E-state index contributed by atoms with van der Waals surface area (Å²) in [5.74, 6) is 0. The summed E-state index contributed by atoms with van der Waals surface area (Å²) in [4.78, 5) is 0. The number of hydrogen-bond donors (Lipinski definition) is 0. The summed E-state index contributed by atoms with van der Waals surface area (Å²) in [5.41, 5.74) is 6.32. The molecule has 0 fully saturated rings. The van der Waals surface area contributed by atoms with Gasteiger partial charge in [-0.25, -0.2) is 0 Å². The van der Waals surface area contributed by atoms with E-state index in [0.717, 1.165) is 0 Å². The van der Waals surface area contributed by atoms with Gasteiger partial charge in [-0.1, -0.05) is 45.4 Å². The monoisotopic (exact) mass is 204 g/mol. The highest BCUT2D eigenvalue weighted by Gasteiger charge is 2.09. The van der Waals surface area contributed by atoms with Crippen molar-refractivity contribution < 1.29 is 0 Å². The normalized spacial score (nSPS) is 17.3. The van der Waals surface area contributed by atoms with Gasteiger partial charge in [0.25, 0.3) is 0 Å². The average Bonchev–Trinajstić information content (AvgIpc) is 2.46. The van der Waals surface area contributed by atoms with E-state index in [-0.39, 0.29) is 0 Å². The number of hydrogen-bond acceptors (Lipinski definition) is 0. The Morgan fingerprint density at radius 2 is 1.53 bits per heavy atom.